The average molecular weight is 995 g/mol. The summed E-state index contributed by atoms with van der Waals surface area (Å²) < 4.78 is 27.8. The Morgan fingerprint density at radius 1 is 0.776 bits per heavy atom. The van der Waals surface area contributed by atoms with Crippen LogP contribution in [-0.2, 0) is 64.2 Å². The summed E-state index contributed by atoms with van der Waals surface area (Å²) >= 11 is 3.47. The molecule has 19 nitrogen and oxygen atoms in total. The van der Waals surface area contributed by atoms with Crippen LogP contribution < -0.4 is 27.0 Å². The van der Waals surface area contributed by atoms with Crippen molar-refractivity contribution in [3.63, 3.8) is 0 Å². The van der Waals surface area contributed by atoms with Gasteiger partial charge in [-0.05, 0) is 77.1 Å². The van der Waals surface area contributed by atoms with Crippen LogP contribution in [0.3, 0.4) is 0 Å². The molecule has 67 heavy (non-hydrogen) atoms. The quantitative estimate of drug-likeness (QED) is 0.0391. The van der Waals surface area contributed by atoms with Crippen molar-refractivity contribution in [1.82, 2.24) is 16.0 Å². The molecule has 1 fully saturated rings. The highest BCUT2D eigenvalue weighted by Gasteiger charge is 2.54. The number of hydrogen-bond donors (Lipinski definition) is 6. The number of urea groups is 1. The number of aryl methyl sites for hydroxylation is 1. The summed E-state index contributed by atoms with van der Waals surface area (Å²) in [5, 5.41) is 21.2. The standard InChI is InChI=1S/C47H56BrN5O14/c1-24(2)38(53-47(62)63-23-35-33-13-8-6-11-31(33)32-12-7-9-14-34(32)35)44(58)52-36(15-10-20-50-46(49)61)43(57)51-30-18-16-29(22-48)28(21-30)17-19-37-39(64-25(3)54)40(65-26(4)55)41(66-27(5)56)42(67-37)45(59)60/h6-9,11-14,16,18,21,24,35-42H,10,15,17,19-20,22-23H2,1-5H3,(H,51,57)(H,52,58)(H,53,62)(H,59,60)(H3,49,50,61)/t36-,37-,38-,39-,40+,41-,42-/m0/s1. The number of nitrogens with one attached hydrogen (secondary N) is 4. The molecule has 1 heterocycles. The molecule has 20 heteroatoms. The number of fused-ring (bicyclic) bond motifs is 3. The number of rotatable bonds is 20. The zero-order chi connectivity index (χ0) is 48.9. The molecule has 360 valence electrons. The molecule has 0 spiro atoms. The molecular formula is C47H56BrN5O14. The van der Waals surface area contributed by atoms with Crippen LogP contribution in [0.25, 0.3) is 11.1 Å². The van der Waals surface area contributed by atoms with Crippen LogP contribution in [0.5, 0.6) is 0 Å². The fourth-order valence-electron chi connectivity index (χ4n) is 8.27. The third-order valence-electron chi connectivity index (χ3n) is 11.3. The first kappa shape index (κ1) is 51.4. The first-order valence-electron chi connectivity index (χ1n) is 21.7. The number of esters is 3. The van der Waals surface area contributed by atoms with Gasteiger partial charge in [0.05, 0.1) is 6.10 Å². The molecule has 5 rings (SSSR count). The second-order valence-corrected chi connectivity index (χ2v) is 17.0. The van der Waals surface area contributed by atoms with Crippen molar-refractivity contribution in [2.45, 2.75) is 114 Å². The van der Waals surface area contributed by atoms with E-state index in [2.05, 4.69) is 37.2 Å². The molecule has 5 amide bonds. The third kappa shape index (κ3) is 13.8. The van der Waals surface area contributed by atoms with Gasteiger partial charge in [-0.15, -0.1) is 0 Å². The summed E-state index contributed by atoms with van der Waals surface area (Å²) in [5.41, 5.74) is 11.1. The molecule has 1 saturated heterocycles. The van der Waals surface area contributed by atoms with Gasteiger partial charge in [-0.3, -0.25) is 24.0 Å². The summed E-state index contributed by atoms with van der Waals surface area (Å²) in [6.07, 6.45) is -7.88. The van der Waals surface area contributed by atoms with Crippen molar-refractivity contribution >= 4 is 69.4 Å². The summed E-state index contributed by atoms with van der Waals surface area (Å²) in [4.78, 5) is 101. The Labute approximate surface area is 395 Å². The minimum atomic E-state index is -1.79. The number of anilines is 1. The van der Waals surface area contributed by atoms with Gasteiger partial charge in [0.2, 0.25) is 11.8 Å². The van der Waals surface area contributed by atoms with Crippen molar-refractivity contribution in [2.75, 3.05) is 18.5 Å². The molecule has 0 unspecified atom stereocenters. The Morgan fingerprint density at radius 3 is 1.94 bits per heavy atom. The fraction of sp³-hybridized carbons (Fsp3) is 0.447. The maximum Gasteiger partial charge on any atom is 0.407 e. The molecule has 0 radical (unpaired) electrons. The van der Waals surface area contributed by atoms with Gasteiger partial charge in [0.15, 0.2) is 24.4 Å². The number of carboxylic acids is 1. The number of carboxylic acid groups (broad SMARTS) is 1. The van der Waals surface area contributed by atoms with Crippen LogP contribution in [-0.4, -0.2) is 109 Å². The van der Waals surface area contributed by atoms with E-state index in [1.54, 1.807) is 32.0 Å². The van der Waals surface area contributed by atoms with E-state index in [1.807, 2.05) is 48.5 Å². The van der Waals surface area contributed by atoms with Crippen molar-refractivity contribution in [1.29, 1.82) is 0 Å². The fourth-order valence-corrected chi connectivity index (χ4v) is 8.82. The third-order valence-corrected chi connectivity index (χ3v) is 11.9. The van der Waals surface area contributed by atoms with Crippen LogP contribution in [0.2, 0.25) is 0 Å². The number of alkyl carbamates (subject to hydrolysis) is 1. The van der Waals surface area contributed by atoms with Crippen molar-refractivity contribution < 1.29 is 67.1 Å². The largest absolute Gasteiger partial charge is 0.479 e. The Morgan fingerprint density at radius 2 is 1.37 bits per heavy atom. The summed E-state index contributed by atoms with van der Waals surface area (Å²) in [6, 6.07) is 17.8. The number of halogens is 1. The lowest BCUT2D eigenvalue weighted by molar-refractivity contribution is -0.248. The molecule has 3 aromatic rings. The number of aliphatic carboxylic acids is 1. The predicted molar refractivity (Wildman–Crippen MR) is 245 cm³/mol. The molecule has 1 aliphatic heterocycles. The average Bonchev–Trinajstić information content (AvgIpc) is 3.59. The van der Waals surface area contributed by atoms with E-state index >= 15 is 0 Å². The smallest absolute Gasteiger partial charge is 0.407 e. The maximum absolute atomic E-state index is 14.0. The van der Waals surface area contributed by atoms with E-state index in [-0.39, 0.29) is 44.8 Å². The van der Waals surface area contributed by atoms with E-state index in [9.17, 15) is 43.5 Å². The van der Waals surface area contributed by atoms with E-state index in [4.69, 9.17) is 29.4 Å². The van der Waals surface area contributed by atoms with Gasteiger partial charge >= 0.3 is 36.0 Å². The Bertz CT molecular complexity index is 2280. The van der Waals surface area contributed by atoms with Crippen LogP contribution in [0.4, 0.5) is 15.3 Å². The normalized spacial score (nSPS) is 19.4. The number of primary amides is 1. The highest BCUT2D eigenvalue weighted by Crippen LogP contribution is 2.44. The first-order valence-corrected chi connectivity index (χ1v) is 22.8. The van der Waals surface area contributed by atoms with E-state index in [1.165, 1.54) is 0 Å². The van der Waals surface area contributed by atoms with E-state index < -0.39 is 96.3 Å². The van der Waals surface area contributed by atoms with Crippen LogP contribution in [0, 0.1) is 5.92 Å². The number of carbonyl (C=O) groups excluding carboxylic acids is 7. The Kier molecular flexibility index (Phi) is 18.3. The zero-order valence-electron chi connectivity index (χ0n) is 37.7. The molecule has 7 N–H and O–H groups in total. The molecule has 3 aromatic carbocycles. The topological polar surface area (TPSA) is 277 Å². The molecular weight excluding hydrogens is 938 g/mol. The molecule has 0 aromatic heterocycles. The Balaban J connectivity index is 1.30. The number of nitrogens with two attached hydrogens (primary N) is 1. The van der Waals surface area contributed by atoms with E-state index in [0.29, 0.717) is 16.6 Å². The molecule has 0 bridgehead atoms. The number of benzene rings is 3. The molecule has 0 saturated carbocycles. The number of amides is 5. The van der Waals surface area contributed by atoms with Crippen molar-refractivity contribution in [2.24, 2.45) is 11.7 Å². The van der Waals surface area contributed by atoms with Gasteiger partial charge in [0, 0.05) is 44.3 Å². The van der Waals surface area contributed by atoms with Gasteiger partial charge in [0.1, 0.15) is 18.7 Å². The summed E-state index contributed by atoms with van der Waals surface area (Å²) in [6.45, 7) is 6.80. The molecule has 1 aliphatic carbocycles. The summed E-state index contributed by atoms with van der Waals surface area (Å²) in [7, 11) is 0. The SMILES string of the molecule is CC(=O)O[C@@H]1[C@@H](OC(C)=O)[C@H](CCc2cc(NC(=O)[C@H](CCCNC(N)=O)NC(=O)[C@@H](NC(=O)OCC3c4ccccc4-c4ccccc43)C(C)C)ccc2CBr)O[C@H](C(=O)O)[C@H]1OC(C)=O. The lowest BCUT2D eigenvalue weighted by Crippen LogP contribution is -2.63. The first-order chi connectivity index (χ1) is 31.9. The minimum Gasteiger partial charge on any atom is -0.479 e. The zero-order valence-corrected chi connectivity index (χ0v) is 39.3. The predicted octanol–water partition coefficient (Wildman–Crippen LogP) is 4.60. The van der Waals surface area contributed by atoms with Crippen LogP contribution in [0.1, 0.15) is 82.1 Å². The van der Waals surface area contributed by atoms with Gasteiger partial charge in [0.25, 0.3) is 0 Å². The highest BCUT2D eigenvalue weighted by atomic mass is 79.9. The summed E-state index contributed by atoms with van der Waals surface area (Å²) in [5.74, 6) is -5.96. The second-order valence-electron chi connectivity index (χ2n) is 16.5. The number of hydrogen-bond acceptors (Lipinski definition) is 13. The van der Waals surface area contributed by atoms with Gasteiger partial charge in [-0.2, -0.15) is 0 Å². The number of ether oxygens (including phenoxy) is 5. The highest BCUT2D eigenvalue weighted by molar-refractivity contribution is 9.08. The van der Waals surface area contributed by atoms with Crippen LogP contribution in [0.15, 0.2) is 66.7 Å². The van der Waals surface area contributed by atoms with Crippen molar-refractivity contribution in [3.05, 3.63) is 89.0 Å². The van der Waals surface area contributed by atoms with E-state index in [0.717, 1.165) is 48.6 Å². The lowest BCUT2D eigenvalue weighted by Gasteiger charge is -2.43. The number of carbonyl (C=O) groups is 8. The second kappa shape index (κ2) is 23.8. The van der Waals surface area contributed by atoms with Gasteiger partial charge < -0.3 is 55.8 Å². The number of alkyl halides is 1. The van der Waals surface area contributed by atoms with Gasteiger partial charge in [-0.25, -0.2) is 14.4 Å². The maximum atomic E-state index is 14.0. The lowest BCUT2D eigenvalue weighted by atomic mass is 9.90. The van der Waals surface area contributed by atoms with Crippen LogP contribution >= 0.6 is 15.9 Å². The van der Waals surface area contributed by atoms with Gasteiger partial charge in [-0.1, -0.05) is 84.4 Å². The molecule has 7 atom stereocenters. The molecule has 2 aliphatic rings. The van der Waals surface area contributed by atoms with Crippen molar-refractivity contribution in [3.8, 4) is 11.1 Å². The monoisotopic (exact) mass is 993 g/mol. The Hall–Kier alpha value is -6.54. The minimum absolute atomic E-state index is 0.00247.